The van der Waals surface area contributed by atoms with Gasteiger partial charge in [0.2, 0.25) is 11.6 Å². The lowest BCUT2D eigenvalue weighted by atomic mass is 9.53. The van der Waals surface area contributed by atoms with Crippen LogP contribution in [0, 0.1) is 29.5 Å². The number of hydrogen-bond donors (Lipinski definition) is 1. The van der Waals surface area contributed by atoms with Crippen molar-refractivity contribution in [3.8, 4) is 5.75 Å². The zero-order chi connectivity index (χ0) is 29.9. The van der Waals surface area contributed by atoms with E-state index in [0.29, 0.717) is 49.1 Å². The summed E-state index contributed by atoms with van der Waals surface area (Å²) in [4.78, 5) is 39.5. The van der Waals surface area contributed by atoms with Crippen LogP contribution >= 0.6 is 0 Å². The molecule has 234 valence electrons. The van der Waals surface area contributed by atoms with Crippen molar-refractivity contribution in [2.45, 2.75) is 94.2 Å². The molecule has 2 aromatic carbocycles. The highest BCUT2D eigenvalue weighted by atomic mass is 19.1. The summed E-state index contributed by atoms with van der Waals surface area (Å²) < 4.78 is 25.8. The number of carbonyl (C=O) groups is 2. The minimum atomic E-state index is -0.673. The van der Waals surface area contributed by atoms with Crippen LogP contribution in [0.1, 0.15) is 92.5 Å². The van der Waals surface area contributed by atoms with Gasteiger partial charge in [0.15, 0.2) is 0 Å². The SMILES string of the molecule is O=C(NC1CCN(C(=O)Oc2ccc(C3CCC[C@]4(C3)OOC3(O4)C4CC5CC(C4)CC3C5)cc2)CC1)c1ccc(F)cc1. The summed E-state index contributed by atoms with van der Waals surface area (Å²) >= 11 is 0. The molecule has 5 saturated carbocycles. The van der Waals surface area contributed by atoms with Crippen LogP contribution < -0.4 is 10.1 Å². The number of hydrogen-bond acceptors (Lipinski definition) is 6. The molecule has 0 radical (unpaired) electrons. The Balaban J connectivity index is 0.839. The minimum absolute atomic E-state index is 0.0499. The van der Waals surface area contributed by atoms with Gasteiger partial charge in [-0.1, -0.05) is 12.1 Å². The molecule has 2 spiro atoms. The third-order valence-corrected chi connectivity index (χ3v) is 11.4. The van der Waals surface area contributed by atoms with Crippen LogP contribution in [0.3, 0.4) is 0 Å². The maximum absolute atomic E-state index is 13.2. The van der Waals surface area contributed by atoms with E-state index < -0.39 is 11.6 Å². The van der Waals surface area contributed by atoms with Gasteiger partial charge in [0.05, 0.1) is 0 Å². The molecule has 44 heavy (non-hydrogen) atoms. The Morgan fingerprint density at radius 2 is 1.55 bits per heavy atom. The number of nitrogens with one attached hydrogen (secondary N) is 1. The summed E-state index contributed by atoms with van der Waals surface area (Å²) in [6.45, 7) is 0.976. The molecule has 5 aliphatic carbocycles. The van der Waals surface area contributed by atoms with Crippen molar-refractivity contribution in [2.75, 3.05) is 13.1 Å². The monoisotopic (exact) mass is 604 g/mol. The van der Waals surface area contributed by atoms with Gasteiger partial charge in [0.25, 0.3) is 5.91 Å². The molecule has 1 unspecified atom stereocenters. The number of amides is 2. The van der Waals surface area contributed by atoms with Crippen LogP contribution in [0.15, 0.2) is 48.5 Å². The Morgan fingerprint density at radius 3 is 2.23 bits per heavy atom. The zero-order valence-electron chi connectivity index (χ0n) is 25.0. The van der Waals surface area contributed by atoms with Crippen molar-refractivity contribution in [3.63, 3.8) is 0 Å². The molecule has 2 aromatic rings. The lowest BCUT2D eigenvalue weighted by Gasteiger charge is -2.57. The van der Waals surface area contributed by atoms with Gasteiger partial charge in [-0.15, -0.1) is 0 Å². The topological polar surface area (TPSA) is 86.3 Å². The summed E-state index contributed by atoms with van der Waals surface area (Å²) in [6.07, 6.45) is 10.8. The van der Waals surface area contributed by atoms with Crippen LogP contribution in [-0.4, -0.2) is 47.6 Å². The highest BCUT2D eigenvalue weighted by Crippen LogP contribution is 2.64. The summed E-state index contributed by atoms with van der Waals surface area (Å²) in [7, 11) is 0. The highest BCUT2D eigenvalue weighted by Gasteiger charge is 2.67. The van der Waals surface area contributed by atoms with Gasteiger partial charge in [-0.25, -0.2) is 9.18 Å². The van der Waals surface area contributed by atoms with Crippen molar-refractivity contribution in [2.24, 2.45) is 23.7 Å². The number of ether oxygens (including phenoxy) is 2. The van der Waals surface area contributed by atoms with Crippen molar-refractivity contribution >= 4 is 12.0 Å². The van der Waals surface area contributed by atoms with Crippen molar-refractivity contribution in [3.05, 3.63) is 65.5 Å². The summed E-state index contributed by atoms with van der Waals surface area (Å²) in [5, 5.41) is 2.98. The van der Waals surface area contributed by atoms with Gasteiger partial charge >= 0.3 is 6.09 Å². The van der Waals surface area contributed by atoms with E-state index in [-0.39, 0.29) is 29.8 Å². The predicted molar refractivity (Wildman–Crippen MR) is 158 cm³/mol. The highest BCUT2D eigenvalue weighted by molar-refractivity contribution is 5.94. The van der Waals surface area contributed by atoms with E-state index in [1.165, 1.54) is 61.9 Å². The second kappa shape index (κ2) is 11.1. The minimum Gasteiger partial charge on any atom is -0.410 e. The van der Waals surface area contributed by atoms with E-state index in [2.05, 4.69) is 17.4 Å². The van der Waals surface area contributed by atoms with Gasteiger partial charge in [-0.2, -0.15) is 9.78 Å². The largest absolute Gasteiger partial charge is 0.415 e. The Bertz CT molecular complexity index is 1360. The number of carbonyl (C=O) groups excluding carboxylic acids is 2. The lowest BCUT2D eigenvalue weighted by molar-refractivity contribution is -0.390. The van der Waals surface area contributed by atoms with Crippen LogP contribution in [-0.2, 0) is 14.5 Å². The first-order valence-electron chi connectivity index (χ1n) is 16.6. The van der Waals surface area contributed by atoms with Gasteiger partial charge < -0.3 is 19.7 Å². The second-order valence-electron chi connectivity index (χ2n) is 14.2. The Hall–Kier alpha value is -3.01. The van der Waals surface area contributed by atoms with E-state index in [4.69, 9.17) is 19.2 Å². The maximum atomic E-state index is 13.2. The van der Waals surface area contributed by atoms with E-state index >= 15 is 0 Å². The summed E-state index contributed by atoms with van der Waals surface area (Å²) in [5.41, 5.74) is 1.61. The quantitative estimate of drug-likeness (QED) is 0.391. The average molecular weight is 605 g/mol. The molecule has 2 aliphatic heterocycles. The standard InChI is InChI=1S/C35H41FN2O6/c36-29-7-3-25(4-8-29)32(39)37-30-11-14-38(15-12-30)33(40)41-31-9-5-24(6-10-31)26-2-1-13-34(21-26)42-35(44-43-34)27-17-22-16-23(19-27)20-28(35)18-22/h3-10,22-23,26-28,30H,1-2,11-21H2,(H,37,39)/t22?,23?,26?,27?,28?,34-,35?/m1/s1. The van der Waals surface area contributed by atoms with Crippen LogP contribution in [0.4, 0.5) is 9.18 Å². The van der Waals surface area contributed by atoms with Crippen molar-refractivity contribution in [1.82, 2.24) is 10.2 Å². The van der Waals surface area contributed by atoms with Crippen LogP contribution in [0.2, 0.25) is 0 Å². The molecule has 2 saturated heterocycles. The molecule has 1 N–H and O–H groups in total. The molecule has 2 heterocycles. The molecular weight excluding hydrogens is 563 g/mol. The molecule has 2 amide bonds. The van der Waals surface area contributed by atoms with Gasteiger partial charge in [0, 0.05) is 49.4 Å². The molecule has 2 atom stereocenters. The zero-order valence-corrected chi connectivity index (χ0v) is 25.0. The summed E-state index contributed by atoms with van der Waals surface area (Å²) in [5.74, 6) is 1.56. The van der Waals surface area contributed by atoms with E-state index in [1.807, 2.05) is 12.1 Å². The number of rotatable bonds is 4. The van der Waals surface area contributed by atoms with Gasteiger partial charge in [-0.05, 0) is 118 Å². The Kier molecular flexibility index (Phi) is 7.18. The lowest BCUT2D eigenvalue weighted by Crippen LogP contribution is -2.59. The Morgan fingerprint density at radius 1 is 0.864 bits per heavy atom. The molecule has 7 fully saturated rings. The van der Waals surface area contributed by atoms with Gasteiger partial charge in [0.1, 0.15) is 11.6 Å². The molecule has 9 rings (SSSR count). The smallest absolute Gasteiger partial charge is 0.410 e. The van der Waals surface area contributed by atoms with E-state index in [0.717, 1.165) is 37.5 Å². The first kappa shape index (κ1) is 28.5. The number of piperidine rings is 1. The van der Waals surface area contributed by atoms with Crippen molar-refractivity contribution < 1.29 is 33.2 Å². The fourth-order valence-electron chi connectivity index (χ4n) is 9.31. The van der Waals surface area contributed by atoms with E-state index in [9.17, 15) is 14.0 Å². The van der Waals surface area contributed by atoms with Gasteiger partial charge in [-0.3, -0.25) is 4.79 Å². The van der Waals surface area contributed by atoms with Crippen LogP contribution in [0.5, 0.6) is 5.75 Å². The third kappa shape index (κ3) is 5.20. The Labute approximate surface area is 257 Å². The predicted octanol–water partition coefficient (Wildman–Crippen LogP) is 6.70. The van der Waals surface area contributed by atoms with E-state index in [1.54, 1.807) is 4.90 Å². The molecule has 7 aliphatic rings. The maximum Gasteiger partial charge on any atom is 0.415 e. The first-order chi connectivity index (χ1) is 21.4. The second-order valence-corrected chi connectivity index (χ2v) is 14.2. The third-order valence-electron chi connectivity index (χ3n) is 11.4. The average Bonchev–Trinajstić information content (AvgIpc) is 3.39. The fourth-order valence-corrected chi connectivity index (χ4v) is 9.31. The molecular formula is C35H41FN2O6. The number of benzene rings is 2. The van der Waals surface area contributed by atoms with Crippen LogP contribution in [0.25, 0.3) is 0 Å². The summed E-state index contributed by atoms with van der Waals surface area (Å²) in [6, 6.07) is 13.3. The normalized spacial score (nSPS) is 36.2. The molecule has 8 nitrogen and oxygen atoms in total. The first-order valence-corrected chi connectivity index (χ1v) is 16.6. The number of halogens is 1. The number of likely N-dealkylation sites (tertiary alicyclic amines) is 1. The molecule has 0 aromatic heterocycles. The molecule has 4 bridgehead atoms. The fraction of sp³-hybridized carbons (Fsp3) is 0.600. The molecule has 9 heteroatoms. The van der Waals surface area contributed by atoms with Crippen molar-refractivity contribution in [1.29, 1.82) is 0 Å². The number of nitrogens with zero attached hydrogens (tertiary/aromatic N) is 1.